The molecule has 2 aromatic carbocycles. The van der Waals surface area contributed by atoms with Gasteiger partial charge in [0, 0.05) is 33.3 Å². The molecule has 5 heteroatoms. The lowest BCUT2D eigenvalue weighted by Gasteiger charge is -2.39. The molecular weight excluding hydrogens is 376 g/mol. The van der Waals surface area contributed by atoms with Crippen LogP contribution in [0.5, 0.6) is 0 Å². The van der Waals surface area contributed by atoms with Gasteiger partial charge >= 0.3 is 0 Å². The lowest BCUT2D eigenvalue weighted by Crippen LogP contribution is -2.45. The first kappa shape index (κ1) is 21.0. The maximum absolute atomic E-state index is 12.6. The Morgan fingerprint density at radius 1 is 1.10 bits per heavy atom. The molecule has 160 valence electrons. The Morgan fingerprint density at radius 3 is 2.43 bits per heavy atom. The third kappa shape index (κ3) is 5.09. The van der Waals surface area contributed by atoms with Crippen molar-refractivity contribution < 1.29 is 14.3 Å². The highest BCUT2D eigenvalue weighted by molar-refractivity contribution is 5.82. The molecule has 2 atom stereocenters. The molecule has 5 nitrogen and oxygen atoms in total. The molecule has 2 aliphatic rings. The fourth-order valence-corrected chi connectivity index (χ4v) is 4.70. The maximum atomic E-state index is 12.6. The molecule has 2 fully saturated rings. The van der Waals surface area contributed by atoms with Gasteiger partial charge in [0.2, 0.25) is 0 Å². The van der Waals surface area contributed by atoms with E-state index in [-0.39, 0.29) is 17.6 Å². The first-order valence-electron chi connectivity index (χ1n) is 11.0. The van der Waals surface area contributed by atoms with Crippen LogP contribution in [0.3, 0.4) is 0 Å². The number of rotatable bonds is 7. The van der Waals surface area contributed by atoms with Crippen molar-refractivity contribution in [3.05, 3.63) is 71.8 Å². The summed E-state index contributed by atoms with van der Waals surface area (Å²) in [6, 6.07) is 20.3. The molecule has 2 aromatic rings. The number of benzene rings is 2. The number of hydrogen-bond acceptors (Lipinski definition) is 4. The molecule has 0 saturated carbocycles. The molecule has 0 unspecified atom stereocenters. The molecule has 1 N–H and O–H groups in total. The second kappa shape index (κ2) is 9.73. The van der Waals surface area contributed by atoms with Crippen LogP contribution in [-0.2, 0) is 20.8 Å². The molecule has 4 rings (SSSR count). The highest BCUT2D eigenvalue weighted by Gasteiger charge is 2.42. The predicted molar refractivity (Wildman–Crippen MR) is 117 cm³/mol. The Morgan fingerprint density at radius 2 is 1.77 bits per heavy atom. The summed E-state index contributed by atoms with van der Waals surface area (Å²) < 4.78 is 11.9. The van der Waals surface area contributed by atoms with Gasteiger partial charge in [0.1, 0.15) is 0 Å². The van der Waals surface area contributed by atoms with Gasteiger partial charge in [0.05, 0.1) is 11.7 Å². The Labute approximate surface area is 179 Å². The van der Waals surface area contributed by atoms with Crippen molar-refractivity contribution in [2.45, 2.75) is 50.0 Å². The predicted octanol–water partition coefficient (Wildman–Crippen LogP) is 3.70. The van der Waals surface area contributed by atoms with E-state index >= 15 is 0 Å². The minimum absolute atomic E-state index is 0.0112. The minimum atomic E-state index is -0.581. The number of likely N-dealkylation sites (tertiary alicyclic amines) is 1. The van der Waals surface area contributed by atoms with E-state index in [4.69, 9.17) is 9.47 Å². The second-order valence-corrected chi connectivity index (χ2v) is 8.49. The average molecular weight is 409 g/mol. The molecule has 2 saturated heterocycles. The number of carbonyl (C=O) groups excluding carboxylic acids is 1. The number of hydrogen-bond donors (Lipinski definition) is 1. The first-order valence-corrected chi connectivity index (χ1v) is 11.0. The van der Waals surface area contributed by atoms with Crippen molar-refractivity contribution in [1.29, 1.82) is 0 Å². The minimum Gasteiger partial charge on any atom is -0.370 e. The lowest BCUT2D eigenvalue weighted by atomic mass is 9.88. The van der Waals surface area contributed by atoms with Gasteiger partial charge in [-0.15, -0.1) is 0 Å². The van der Waals surface area contributed by atoms with Crippen molar-refractivity contribution >= 4 is 5.91 Å². The van der Waals surface area contributed by atoms with Crippen LogP contribution in [0.2, 0.25) is 0 Å². The number of carbonyl (C=O) groups is 1. The summed E-state index contributed by atoms with van der Waals surface area (Å²) in [4.78, 5) is 15.1. The fraction of sp³-hybridized carbons (Fsp3) is 0.480. The molecule has 0 radical (unpaired) electrons. The van der Waals surface area contributed by atoms with Gasteiger partial charge in [-0.25, -0.2) is 0 Å². The van der Waals surface area contributed by atoms with Crippen LogP contribution in [0.15, 0.2) is 60.7 Å². The van der Waals surface area contributed by atoms with E-state index in [1.54, 1.807) is 7.11 Å². The summed E-state index contributed by atoms with van der Waals surface area (Å²) in [5.74, 6) is -0.106. The van der Waals surface area contributed by atoms with Crippen molar-refractivity contribution in [2.24, 2.45) is 0 Å². The molecule has 1 amide bonds. The van der Waals surface area contributed by atoms with E-state index in [2.05, 4.69) is 40.5 Å². The van der Waals surface area contributed by atoms with Gasteiger partial charge in [-0.3, -0.25) is 9.69 Å². The van der Waals surface area contributed by atoms with Crippen LogP contribution in [0.25, 0.3) is 0 Å². The van der Waals surface area contributed by atoms with E-state index in [1.165, 1.54) is 5.56 Å². The highest BCUT2D eigenvalue weighted by Crippen LogP contribution is 2.39. The maximum Gasteiger partial charge on any atom is 0.253 e. The first-order chi connectivity index (χ1) is 14.7. The van der Waals surface area contributed by atoms with Crippen LogP contribution >= 0.6 is 0 Å². The zero-order valence-electron chi connectivity index (χ0n) is 17.8. The third-order valence-corrected chi connectivity index (χ3v) is 6.44. The highest BCUT2D eigenvalue weighted by atomic mass is 16.5. The summed E-state index contributed by atoms with van der Waals surface area (Å²) in [7, 11) is 1.57. The Balaban J connectivity index is 1.23. The van der Waals surface area contributed by atoms with E-state index < -0.39 is 6.10 Å². The topological polar surface area (TPSA) is 50.8 Å². The van der Waals surface area contributed by atoms with Crippen LogP contribution in [0.1, 0.15) is 42.9 Å². The number of piperidine rings is 1. The number of nitrogens with zero attached hydrogens (tertiary/aromatic N) is 1. The number of amides is 1. The smallest absolute Gasteiger partial charge is 0.253 e. The monoisotopic (exact) mass is 408 g/mol. The zero-order valence-corrected chi connectivity index (χ0v) is 17.8. The van der Waals surface area contributed by atoms with Gasteiger partial charge in [0.25, 0.3) is 5.91 Å². The molecule has 2 aliphatic heterocycles. The van der Waals surface area contributed by atoms with Crippen LogP contribution in [-0.4, -0.2) is 49.3 Å². The molecule has 0 bridgehead atoms. The second-order valence-electron chi connectivity index (χ2n) is 8.49. The van der Waals surface area contributed by atoms with Crippen molar-refractivity contribution in [3.8, 4) is 0 Å². The normalized spacial score (nSPS) is 22.1. The van der Waals surface area contributed by atoms with E-state index in [0.717, 1.165) is 50.9 Å². The standard InChI is InChI=1S/C25H32N2O3/c1-29-23(21-10-6-3-7-11-21)24(28)26-18-22-12-13-25(30-22)14-16-27(17-15-25)19-20-8-4-2-5-9-20/h2-11,22-23H,12-19H2,1H3,(H,26,28)/t22-,23+/m1/s1. The number of nitrogens with one attached hydrogen (secondary N) is 1. The molecule has 30 heavy (non-hydrogen) atoms. The van der Waals surface area contributed by atoms with Gasteiger partial charge < -0.3 is 14.8 Å². The van der Waals surface area contributed by atoms with E-state index in [0.29, 0.717) is 6.54 Å². The van der Waals surface area contributed by atoms with Gasteiger partial charge in [0.15, 0.2) is 6.10 Å². The fourth-order valence-electron chi connectivity index (χ4n) is 4.70. The number of methoxy groups -OCH3 is 1. The Hall–Kier alpha value is -2.21. The largest absolute Gasteiger partial charge is 0.370 e. The lowest BCUT2D eigenvalue weighted by molar-refractivity contribution is -0.133. The van der Waals surface area contributed by atoms with Gasteiger partial charge in [-0.2, -0.15) is 0 Å². The Bertz CT molecular complexity index is 804. The van der Waals surface area contributed by atoms with Crippen LogP contribution in [0.4, 0.5) is 0 Å². The van der Waals surface area contributed by atoms with Crippen LogP contribution in [0, 0.1) is 0 Å². The van der Waals surface area contributed by atoms with Crippen molar-refractivity contribution in [1.82, 2.24) is 10.2 Å². The van der Waals surface area contributed by atoms with Crippen molar-refractivity contribution in [2.75, 3.05) is 26.7 Å². The molecule has 1 spiro atoms. The average Bonchev–Trinajstić information content (AvgIpc) is 3.19. The summed E-state index contributed by atoms with van der Waals surface area (Å²) in [6.07, 6.45) is 3.72. The van der Waals surface area contributed by atoms with Gasteiger partial charge in [-0.05, 0) is 36.8 Å². The summed E-state index contributed by atoms with van der Waals surface area (Å²) >= 11 is 0. The summed E-state index contributed by atoms with van der Waals surface area (Å²) in [5, 5.41) is 3.04. The quantitative estimate of drug-likeness (QED) is 0.759. The van der Waals surface area contributed by atoms with Crippen LogP contribution < -0.4 is 5.32 Å². The molecule has 0 aromatic heterocycles. The molecule has 0 aliphatic carbocycles. The van der Waals surface area contributed by atoms with Gasteiger partial charge in [-0.1, -0.05) is 60.7 Å². The van der Waals surface area contributed by atoms with Crippen molar-refractivity contribution in [3.63, 3.8) is 0 Å². The molecular formula is C25H32N2O3. The summed E-state index contributed by atoms with van der Waals surface area (Å²) in [6.45, 7) is 3.68. The number of ether oxygens (including phenoxy) is 2. The molecule has 2 heterocycles. The Kier molecular flexibility index (Phi) is 6.82. The van der Waals surface area contributed by atoms with E-state index in [9.17, 15) is 4.79 Å². The zero-order chi connectivity index (χ0) is 20.8. The SMILES string of the molecule is CO[C@H](C(=O)NC[C@H]1CCC2(CCN(Cc3ccccc3)CC2)O1)c1ccccc1. The van der Waals surface area contributed by atoms with E-state index in [1.807, 2.05) is 30.3 Å². The summed E-state index contributed by atoms with van der Waals surface area (Å²) in [5.41, 5.74) is 2.22. The third-order valence-electron chi connectivity index (χ3n) is 6.44.